The minimum absolute atomic E-state index is 0.0303. The van der Waals surface area contributed by atoms with Gasteiger partial charge in [-0.1, -0.05) is 131 Å². The summed E-state index contributed by atoms with van der Waals surface area (Å²) in [7, 11) is 0. The van der Waals surface area contributed by atoms with Crippen LogP contribution in [0.15, 0.2) is 133 Å². The Balaban J connectivity index is 1.02. The Morgan fingerprint density at radius 1 is 0.625 bits per heavy atom. The van der Waals surface area contributed by atoms with Crippen molar-refractivity contribution in [3.63, 3.8) is 0 Å². The zero-order valence-electron chi connectivity index (χ0n) is 27.8. The SMILES string of the molecule is CC1(C)c2cc(Nc3cccc4c3OC3C(c5ccccc5)=CC=CC43)ccc2-c2cc3c(cc21)-c1c(ccc2ccccc12)C3(C)C. The highest BCUT2D eigenvalue weighted by atomic mass is 16.5. The van der Waals surface area contributed by atoms with E-state index < -0.39 is 0 Å². The molecule has 1 N–H and O–H groups in total. The average Bonchev–Trinajstić information content (AvgIpc) is 3.68. The van der Waals surface area contributed by atoms with E-state index >= 15 is 0 Å². The van der Waals surface area contributed by atoms with E-state index in [1.807, 2.05) is 0 Å². The average molecular weight is 620 g/mol. The van der Waals surface area contributed by atoms with Crippen molar-refractivity contribution in [1.29, 1.82) is 0 Å². The third-order valence-corrected chi connectivity index (χ3v) is 11.6. The van der Waals surface area contributed by atoms with Crippen LogP contribution in [-0.4, -0.2) is 6.10 Å². The number of anilines is 2. The normalized spacial score (nSPS) is 19.8. The number of allylic oxidation sites excluding steroid dienone is 2. The molecule has 1 heterocycles. The maximum Gasteiger partial charge on any atom is 0.147 e. The number of para-hydroxylation sites is 1. The molecule has 2 nitrogen and oxygen atoms in total. The molecule has 2 atom stereocenters. The molecule has 2 heteroatoms. The zero-order chi connectivity index (χ0) is 32.4. The number of fused-ring (bicyclic) bond motifs is 11. The highest BCUT2D eigenvalue weighted by molar-refractivity contribution is 6.03. The number of nitrogens with one attached hydrogen (secondary N) is 1. The molecule has 232 valence electrons. The molecule has 3 aliphatic carbocycles. The summed E-state index contributed by atoms with van der Waals surface area (Å²) < 4.78 is 6.81. The van der Waals surface area contributed by atoms with Crippen LogP contribution in [0.4, 0.5) is 11.4 Å². The molecule has 0 radical (unpaired) electrons. The summed E-state index contributed by atoms with van der Waals surface area (Å²) in [6.07, 6.45) is 6.63. The smallest absolute Gasteiger partial charge is 0.147 e. The van der Waals surface area contributed by atoms with Crippen LogP contribution in [0.3, 0.4) is 0 Å². The molecule has 0 aromatic heterocycles. The van der Waals surface area contributed by atoms with Gasteiger partial charge in [0, 0.05) is 33.6 Å². The van der Waals surface area contributed by atoms with Gasteiger partial charge in [0.2, 0.25) is 0 Å². The summed E-state index contributed by atoms with van der Waals surface area (Å²) in [6, 6.07) is 42.6. The second-order valence-corrected chi connectivity index (χ2v) is 14.9. The maximum absolute atomic E-state index is 6.81. The van der Waals surface area contributed by atoms with E-state index in [1.165, 1.54) is 72.0 Å². The van der Waals surface area contributed by atoms with Gasteiger partial charge >= 0.3 is 0 Å². The Kier molecular flexibility index (Phi) is 5.55. The van der Waals surface area contributed by atoms with Crippen molar-refractivity contribution in [2.45, 2.75) is 50.5 Å². The van der Waals surface area contributed by atoms with Gasteiger partial charge in [-0.15, -0.1) is 0 Å². The van der Waals surface area contributed by atoms with Gasteiger partial charge in [-0.2, -0.15) is 0 Å². The van der Waals surface area contributed by atoms with Gasteiger partial charge in [-0.25, -0.2) is 0 Å². The second-order valence-electron chi connectivity index (χ2n) is 14.9. The molecule has 0 amide bonds. The van der Waals surface area contributed by atoms with Gasteiger partial charge < -0.3 is 10.1 Å². The summed E-state index contributed by atoms with van der Waals surface area (Å²) in [5.74, 6) is 1.15. The molecule has 6 aromatic carbocycles. The lowest BCUT2D eigenvalue weighted by molar-refractivity contribution is 0.279. The fourth-order valence-electron chi connectivity index (χ4n) is 9.10. The number of ether oxygens (including phenoxy) is 1. The van der Waals surface area contributed by atoms with Crippen molar-refractivity contribution in [3.05, 3.63) is 167 Å². The van der Waals surface area contributed by atoms with Crippen molar-refractivity contribution in [3.8, 4) is 28.0 Å². The molecule has 0 spiro atoms. The standard InChI is InChI=1S/C46H37NO/c1-45(2)37-23-20-28-14-8-9-15-30(28)42(37)36-26-39-35(25-40(36)45)32-22-21-29(24-38(32)46(39,3)4)47-41-19-11-18-34-33-17-10-16-31(43(33)48-44(34)41)27-12-6-5-7-13-27/h5-26,33,43,47H,1-4H3. The predicted octanol–water partition coefficient (Wildman–Crippen LogP) is 11.7. The molecule has 0 fully saturated rings. The Morgan fingerprint density at radius 2 is 1.38 bits per heavy atom. The van der Waals surface area contributed by atoms with Crippen molar-refractivity contribution in [1.82, 2.24) is 0 Å². The molecular weight excluding hydrogens is 583 g/mol. The van der Waals surface area contributed by atoms with Crippen LogP contribution in [0.5, 0.6) is 5.75 Å². The summed E-state index contributed by atoms with van der Waals surface area (Å²) in [5.41, 5.74) is 16.7. The van der Waals surface area contributed by atoms with Crippen LogP contribution in [0.25, 0.3) is 38.6 Å². The van der Waals surface area contributed by atoms with Gasteiger partial charge in [0.15, 0.2) is 0 Å². The minimum Gasteiger partial charge on any atom is -0.482 e. The summed E-state index contributed by atoms with van der Waals surface area (Å²) in [6.45, 7) is 9.54. The summed E-state index contributed by atoms with van der Waals surface area (Å²) in [4.78, 5) is 0. The van der Waals surface area contributed by atoms with Crippen LogP contribution in [0.2, 0.25) is 0 Å². The van der Waals surface area contributed by atoms with E-state index in [0.29, 0.717) is 0 Å². The quantitative estimate of drug-likeness (QED) is 0.213. The minimum atomic E-state index is -0.140. The molecule has 0 saturated heterocycles. The van der Waals surface area contributed by atoms with Crippen molar-refractivity contribution < 1.29 is 4.74 Å². The number of hydrogen-bond donors (Lipinski definition) is 1. The van der Waals surface area contributed by atoms with Crippen LogP contribution in [0, 0.1) is 0 Å². The molecule has 10 rings (SSSR count). The molecule has 1 aliphatic heterocycles. The number of hydrogen-bond acceptors (Lipinski definition) is 2. The molecule has 0 saturated carbocycles. The van der Waals surface area contributed by atoms with Gasteiger partial charge in [0.05, 0.1) is 5.69 Å². The molecule has 2 unspecified atom stereocenters. The third kappa shape index (κ3) is 3.69. The van der Waals surface area contributed by atoms with Crippen LogP contribution in [-0.2, 0) is 10.8 Å². The van der Waals surface area contributed by atoms with E-state index in [-0.39, 0.29) is 22.9 Å². The fourth-order valence-corrected chi connectivity index (χ4v) is 9.10. The fraction of sp³-hybridized carbons (Fsp3) is 0.174. The predicted molar refractivity (Wildman–Crippen MR) is 200 cm³/mol. The largest absolute Gasteiger partial charge is 0.482 e. The molecular formula is C46H37NO. The van der Waals surface area contributed by atoms with E-state index in [1.54, 1.807) is 0 Å². The van der Waals surface area contributed by atoms with Gasteiger partial charge in [0.25, 0.3) is 0 Å². The number of rotatable bonds is 3. The molecule has 0 bridgehead atoms. The van der Waals surface area contributed by atoms with Crippen molar-refractivity contribution >= 4 is 27.7 Å². The highest BCUT2D eigenvalue weighted by Gasteiger charge is 2.43. The van der Waals surface area contributed by atoms with Gasteiger partial charge in [-0.3, -0.25) is 0 Å². The second kappa shape index (κ2) is 9.61. The van der Waals surface area contributed by atoms with E-state index in [9.17, 15) is 0 Å². The van der Waals surface area contributed by atoms with Gasteiger partial charge in [0.1, 0.15) is 11.9 Å². The first-order valence-electron chi connectivity index (χ1n) is 17.2. The molecule has 6 aromatic rings. The van der Waals surface area contributed by atoms with Crippen LogP contribution in [0.1, 0.15) is 67.0 Å². The lowest BCUT2D eigenvalue weighted by Gasteiger charge is -2.24. The molecule has 4 aliphatic rings. The first-order valence-corrected chi connectivity index (χ1v) is 17.2. The van der Waals surface area contributed by atoms with E-state index in [2.05, 4.69) is 167 Å². The first-order chi connectivity index (χ1) is 23.3. The Labute approximate surface area is 282 Å². The highest BCUT2D eigenvalue weighted by Crippen LogP contribution is 2.58. The Morgan fingerprint density at radius 3 is 2.25 bits per heavy atom. The molecule has 48 heavy (non-hydrogen) atoms. The monoisotopic (exact) mass is 619 g/mol. The van der Waals surface area contributed by atoms with E-state index in [4.69, 9.17) is 4.74 Å². The third-order valence-electron chi connectivity index (χ3n) is 11.6. The Bertz CT molecular complexity index is 2410. The van der Waals surface area contributed by atoms with Gasteiger partial charge in [-0.05, 0) is 91.2 Å². The topological polar surface area (TPSA) is 21.3 Å². The lowest BCUT2D eigenvalue weighted by Crippen LogP contribution is -2.21. The maximum atomic E-state index is 6.81. The number of benzene rings is 6. The van der Waals surface area contributed by atoms with Crippen LogP contribution < -0.4 is 10.1 Å². The first kappa shape index (κ1) is 27.7. The van der Waals surface area contributed by atoms with Crippen LogP contribution >= 0.6 is 0 Å². The van der Waals surface area contributed by atoms with E-state index in [0.717, 1.165) is 17.1 Å². The lowest BCUT2D eigenvalue weighted by atomic mass is 9.79. The zero-order valence-corrected chi connectivity index (χ0v) is 27.8. The van der Waals surface area contributed by atoms with Crippen molar-refractivity contribution in [2.75, 3.05) is 5.32 Å². The van der Waals surface area contributed by atoms with Crippen molar-refractivity contribution in [2.24, 2.45) is 0 Å². The summed E-state index contributed by atoms with van der Waals surface area (Å²) >= 11 is 0. The summed E-state index contributed by atoms with van der Waals surface area (Å²) in [5, 5.41) is 6.44. The Hall–Kier alpha value is -5.34.